The molecule has 176 valence electrons. The first kappa shape index (κ1) is 23.9. The van der Waals surface area contributed by atoms with Gasteiger partial charge in [-0.2, -0.15) is 0 Å². The Morgan fingerprint density at radius 1 is 1.12 bits per heavy atom. The lowest BCUT2D eigenvalue weighted by molar-refractivity contribution is -0.125. The van der Waals surface area contributed by atoms with Gasteiger partial charge in [-0.05, 0) is 42.5 Å². The van der Waals surface area contributed by atoms with E-state index in [-0.39, 0.29) is 24.8 Å². The molecule has 2 amide bonds. The summed E-state index contributed by atoms with van der Waals surface area (Å²) in [6.45, 7) is 0.532. The number of para-hydroxylation sites is 1. The van der Waals surface area contributed by atoms with E-state index in [4.69, 9.17) is 21.1 Å². The maximum atomic E-state index is 12.8. The first-order valence-corrected chi connectivity index (χ1v) is 11.8. The van der Waals surface area contributed by atoms with E-state index in [0.29, 0.717) is 28.8 Å². The minimum absolute atomic E-state index is 0.0902. The van der Waals surface area contributed by atoms with E-state index in [1.807, 2.05) is 42.5 Å². The van der Waals surface area contributed by atoms with Crippen LogP contribution in [0.1, 0.15) is 12.0 Å². The van der Waals surface area contributed by atoms with Crippen LogP contribution in [0.2, 0.25) is 5.02 Å². The van der Waals surface area contributed by atoms with Crippen LogP contribution in [-0.4, -0.2) is 25.5 Å². The smallest absolute Gasteiger partial charge is 0.243 e. The number of ether oxygens (including phenoxy) is 2. The molecule has 1 heterocycles. The van der Waals surface area contributed by atoms with Gasteiger partial charge in [0.1, 0.15) is 6.61 Å². The fourth-order valence-electron chi connectivity index (χ4n) is 3.67. The highest BCUT2D eigenvalue weighted by atomic mass is 79.9. The van der Waals surface area contributed by atoms with E-state index < -0.39 is 5.92 Å². The lowest BCUT2D eigenvalue weighted by Gasteiger charge is -2.19. The third-order valence-electron chi connectivity index (χ3n) is 5.48. The minimum atomic E-state index is -0.484. The molecule has 9 heteroatoms. The molecule has 1 aliphatic heterocycles. The lowest BCUT2D eigenvalue weighted by Crippen LogP contribution is -2.36. The second-order valence-corrected chi connectivity index (χ2v) is 9.04. The molecule has 0 saturated carbocycles. The molecule has 2 N–H and O–H groups in total. The Hall–Kier alpha value is -3.23. The van der Waals surface area contributed by atoms with Crippen LogP contribution < -0.4 is 25.2 Å². The first-order valence-electron chi connectivity index (χ1n) is 10.6. The number of rotatable bonds is 8. The minimum Gasteiger partial charge on any atom is -0.493 e. The van der Waals surface area contributed by atoms with Gasteiger partial charge >= 0.3 is 0 Å². The van der Waals surface area contributed by atoms with Gasteiger partial charge in [0.05, 0.1) is 18.7 Å². The number of nitrogens with zero attached hydrogens (tertiary/aromatic N) is 1. The van der Waals surface area contributed by atoms with Crippen molar-refractivity contribution in [2.75, 3.05) is 24.0 Å². The van der Waals surface area contributed by atoms with Crippen molar-refractivity contribution in [1.29, 1.82) is 0 Å². The van der Waals surface area contributed by atoms with E-state index in [1.165, 1.54) is 0 Å². The number of benzene rings is 3. The Morgan fingerprint density at radius 2 is 1.88 bits per heavy atom. The van der Waals surface area contributed by atoms with Gasteiger partial charge in [-0.3, -0.25) is 20.4 Å². The van der Waals surface area contributed by atoms with Crippen LogP contribution in [0.5, 0.6) is 11.5 Å². The number of amides is 2. The number of carbonyl (C=O) groups is 2. The van der Waals surface area contributed by atoms with E-state index in [9.17, 15) is 9.59 Å². The Morgan fingerprint density at radius 3 is 2.62 bits per heavy atom. The van der Waals surface area contributed by atoms with Crippen LogP contribution in [0.3, 0.4) is 0 Å². The summed E-state index contributed by atoms with van der Waals surface area (Å²) in [7, 11) is 1.54. The Labute approximate surface area is 211 Å². The van der Waals surface area contributed by atoms with Gasteiger partial charge in [-0.15, -0.1) is 0 Å². The van der Waals surface area contributed by atoms with Crippen LogP contribution in [-0.2, 0) is 16.2 Å². The second-order valence-electron chi connectivity index (χ2n) is 7.71. The fraction of sp³-hybridized carbons (Fsp3) is 0.200. The van der Waals surface area contributed by atoms with Gasteiger partial charge in [0.15, 0.2) is 11.5 Å². The molecule has 0 aliphatic carbocycles. The van der Waals surface area contributed by atoms with Crippen molar-refractivity contribution in [3.8, 4) is 11.5 Å². The van der Waals surface area contributed by atoms with Crippen molar-refractivity contribution in [1.82, 2.24) is 5.43 Å². The normalized spacial score (nSPS) is 15.2. The summed E-state index contributed by atoms with van der Waals surface area (Å²) in [5, 5.41) is 0.599. The molecular weight excluding hydrogens is 522 g/mol. The number of carbonyl (C=O) groups excluding carboxylic acids is 2. The molecule has 0 spiro atoms. The number of hydrogen-bond acceptors (Lipinski definition) is 5. The monoisotopic (exact) mass is 543 g/mol. The topological polar surface area (TPSA) is 79.9 Å². The maximum Gasteiger partial charge on any atom is 0.243 e. The first-order chi connectivity index (χ1) is 16.5. The highest BCUT2D eigenvalue weighted by molar-refractivity contribution is 9.10. The molecule has 34 heavy (non-hydrogen) atoms. The lowest BCUT2D eigenvalue weighted by atomic mass is 10.1. The largest absolute Gasteiger partial charge is 0.493 e. The summed E-state index contributed by atoms with van der Waals surface area (Å²) in [6, 6.07) is 20.1. The van der Waals surface area contributed by atoms with Crippen LogP contribution in [0, 0.1) is 5.92 Å². The molecule has 1 atom stereocenters. The van der Waals surface area contributed by atoms with Gasteiger partial charge < -0.3 is 14.4 Å². The summed E-state index contributed by atoms with van der Waals surface area (Å²) in [5.41, 5.74) is 7.73. The maximum absolute atomic E-state index is 12.8. The molecule has 3 aromatic carbocycles. The Kier molecular flexibility index (Phi) is 7.59. The highest BCUT2D eigenvalue weighted by Crippen LogP contribution is 2.36. The molecular formula is C25H23BrClN3O4. The third kappa shape index (κ3) is 5.46. The second kappa shape index (κ2) is 10.8. The number of halogens is 2. The van der Waals surface area contributed by atoms with E-state index in [0.717, 1.165) is 15.7 Å². The van der Waals surface area contributed by atoms with Gasteiger partial charge in [-0.25, -0.2) is 0 Å². The Balaban J connectivity index is 1.42. The molecule has 7 nitrogen and oxygen atoms in total. The summed E-state index contributed by atoms with van der Waals surface area (Å²) >= 11 is 9.63. The van der Waals surface area contributed by atoms with Crippen LogP contribution in [0.25, 0.3) is 0 Å². The third-order valence-corrected chi connectivity index (χ3v) is 6.38. The Bertz CT molecular complexity index is 1190. The summed E-state index contributed by atoms with van der Waals surface area (Å²) in [5.74, 6) is 0.0789. The molecule has 0 unspecified atom stereocenters. The van der Waals surface area contributed by atoms with E-state index in [2.05, 4.69) is 26.8 Å². The van der Waals surface area contributed by atoms with Crippen LogP contribution in [0.4, 0.5) is 11.4 Å². The molecule has 1 saturated heterocycles. The molecule has 3 aromatic rings. The molecule has 0 aromatic heterocycles. The number of anilines is 2. The molecule has 1 aliphatic rings. The van der Waals surface area contributed by atoms with E-state index >= 15 is 0 Å². The standard InChI is InChI=1S/C25H23BrClN3O4/c1-33-22-8-4-7-21(24(22)34-15-16-5-2-3-6-20(16)27)28-29-25(32)17-13-23(31)30(14-17)19-11-9-18(26)10-12-19/h2-12,17,28H,13-15H2,1H3,(H,29,32)/t17-/m1/s1. The van der Waals surface area contributed by atoms with E-state index in [1.54, 1.807) is 36.3 Å². The number of hydrogen-bond donors (Lipinski definition) is 2. The fourth-order valence-corrected chi connectivity index (χ4v) is 4.13. The van der Waals surface area contributed by atoms with Gasteiger partial charge in [-0.1, -0.05) is 51.8 Å². The average Bonchev–Trinajstić information content (AvgIpc) is 3.24. The zero-order chi connectivity index (χ0) is 24.1. The zero-order valence-electron chi connectivity index (χ0n) is 18.4. The number of hydrazine groups is 1. The molecule has 0 radical (unpaired) electrons. The van der Waals surface area contributed by atoms with Crippen molar-refractivity contribution >= 4 is 50.7 Å². The predicted octanol–water partition coefficient (Wildman–Crippen LogP) is 5.19. The number of nitrogens with one attached hydrogen (secondary N) is 2. The molecule has 0 bridgehead atoms. The van der Waals surface area contributed by atoms with Crippen molar-refractivity contribution in [3.63, 3.8) is 0 Å². The van der Waals surface area contributed by atoms with Gasteiger partial charge in [0.25, 0.3) is 0 Å². The van der Waals surface area contributed by atoms with Gasteiger partial charge in [0, 0.05) is 33.7 Å². The molecule has 4 rings (SSSR count). The van der Waals surface area contributed by atoms with Crippen LogP contribution in [0.15, 0.2) is 71.2 Å². The van der Waals surface area contributed by atoms with Crippen molar-refractivity contribution in [2.24, 2.45) is 5.92 Å². The van der Waals surface area contributed by atoms with Gasteiger partial charge in [0.2, 0.25) is 11.8 Å². The van der Waals surface area contributed by atoms with Crippen LogP contribution >= 0.6 is 27.5 Å². The summed E-state index contributed by atoms with van der Waals surface area (Å²) in [4.78, 5) is 27.0. The predicted molar refractivity (Wildman–Crippen MR) is 135 cm³/mol. The van der Waals surface area contributed by atoms with Crippen molar-refractivity contribution < 1.29 is 19.1 Å². The quantitative estimate of drug-likeness (QED) is 0.382. The van der Waals surface area contributed by atoms with Crippen molar-refractivity contribution in [2.45, 2.75) is 13.0 Å². The van der Waals surface area contributed by atoms with Crippen molar-refractivity contribution in [3.05, 3.63) is 81.8 Å². The SMILES string of the molecule is COc1cccc(NNC(=O)[C@@H]2CC(=O)N(c3ccc(Br)cc3)C2)c1OCc1ccccc1Cl. The average molecular weight is 545 g/mol. The summed E-state index contributed by atoms with van der Waals surface area (Å²) in [6.07, 6.45) is 0.136. The zero-order valence-corrected chi connectivity index (χ0v) is 20.7. The summed E-state index contributed by atoms with van der Waals surface area (Å²) < 4.78 is 12.4. The molecule has 1 fully saturated rings. The highest BCUT2D eigenvalue weighted by Gasteiger charge is 2.35. The number of methoxy groups -OCH3 is 1.